The van der Waals surface area contributed by atoms with E-state index in [0.717, 1.165) is 42.1 Å². The van der Waals surface area contributed by atoms with Gasteiger partial charge in [0, 0.05) is 16.3 Å². The third-order valence-electron chi connectivity index (χ3n) is 4.68. The molecule has 3 rings (SSSR count). The van der Waals surface area contributed by atoms with Crippen LogP contribution in [-0.4, -0.2) is 39.7 Å². The number of rotatable bonds is 8. The summed E-state index contributed by atoms with van der Waals surface area (Å²) in [6, 6.07) is 13.6. The molecule has 3 aromatic rings. The highest BCUT2D eigenvalue weighted by Gasteiger charge is 2.30. The summed E-state index contributed by atoms with van der Waals surface area (Å²) in [6.45, 7) is 0. The maximum Gasteiger partial charge on any atom is 0.416 e. The molecule has 0 unspecified atom stereocenters. The van der Waals surface area contributed by atoms with Crippen molar-refractivity contribution in [1.29, 1.82) is 0 Å². The molecule has 36 heavy (non-hydrogen) atoms. The zero-order valence-electron chi connectivity index (χ0n) is 18.1. The van der Waals surface area contributed by atoms with Gasteiger partial charge in [-0.15, -0.1) is 11.8 Å². The minimum atomic E-state index is -4.54. The number of hydrogen-bond acceptors (Lipinski definition) is 5. The smallest absolute Gasteiger partial charge is 0.416 e. The van der Waals surface area contributed by atoms with E-state index in [-0.39, 0.29) is 28.3 Å². The topological polar surface area (TPSA) is 133 Å². The summed E-state index contributed by atoms with van der Waals surface area (Å²) < 4.78 is 38.5. The third kappa shape index (κ3) is 6.85. The summed E-state index contributed by atoms with van der Waals surface area (Å²) >= 11 is 1.06. The zero-order chi connectivity index (χ0) is 26.5. The van der Waals surface area contributed by atoms with Crippen LogP contribution in [0, 0.1) is 0 Å². The van der Waals surface area contributed by atoms with Crippen molar-refractivity contribution >= 4 is 46.9 Å². The van der Waals surface area contributed by atoms with E-state index in [9.17, 15) is 37.5 Å². The standard InChI is InChI=1S/C24H17F3N2O6S/c25-24(26,27)14-3-1-4-15(10-14)28-20(30)12-36-17-6-2-5-16(11-17)29-21(31)18-8-7-13(22(32)33)9-19(18)23(34)35/h1-11H,12H2,(H,28,30)(H,29,31)(H,32,33)(H,34,35). The molecule has 3 aromatic carbocycles. The van der Waals surface area contributed by atoms with Gasteiger partial charge < -0.3 is 20.8 Å². The molecule has 0 radical (unpaired) electrons. The van der Waals surface area contributed by atoms with Crippen LogP contribution >= 0.6 is 11.8 Å². The maximum atomic E-state index is 12.8. The normalized spacial score (nSPS) is 11.0. The summed E-state index contributed by atoms with van der Waals surface area (Å²) in [5.41, 5.74) is -1.62. The van der Waals surface area contributed by atoms with Gasteiger partial charge in [-0.1, -0.05) is 12.1 Å². The number of carboxylic acid groups (broad SMARTS) is 2. The van der Waals surface area contributed by atoms with Gasteiger partial charge in [0.25, 0.3) is 5.91 Å². The molecule has 4 N–H and O–H groups in total. The second-order valence-electron chi connectivity index (χ2n) is 7.27. The van der Waals surface area contributed by atoms with E-state index in [1.54, 1.807) is 12.1 Å². The molecule has 0 aliphatic heterocycles. The van der Waals surface area contributed by atoms with Gasteiger partial charge >= 0.3 is 18.1 Å². The minimum absolute atomic E-state index is 0.000379. The first-order valence-electron chi connectivity index (χ1n) is 10.1. The van der Waals surface area contributed by atoms with Gasteiger partial charge in [-0.25, -0.2) is 9.59 Å². The number of nitrogens with one attached hydrogen (secondary N) is 2. The molecule has 0 atom stereocenters. The van der Waals surface area contributed by atoms with E-state index < -0.39 is 41.1 Å². The summed E-state index contributed by atoms with van der Waals surface area (Å²) in [6.07, 6.45) is -4.54. The number of aromatic carboxylic acids is 2. The number of carboxylic acids is 2. The molecular formula is C24H17F3N2O6S. The Bertz CT molecular complexity index is 1340. The van der Waals surface area contributed by atoms with E-state index in [2.05, 4.69) is 10.6 Å². The van der Waals surface area contributed by atoms with Crippen molar-refractivity contribution in [3.05, 3.63) is 89.0 Å². The molecule has 12 heteroatoms. The molecule has 0 aliphatic carbocycles. The lowest BCUT2D eigenvalue weighted by Crippen LogP contribution is -2.17. The highest BCUT2D eigenvalue weighted by atomic mass is 32.2. The molecule has 0 fully saturated rings. The zero-order valence-corrected chi connectivity index (χ0v) is 18.9. The lowest BCUT2D eigenvalue weighted by atomic mass is 10.0. The van der Waals surface area contributed by atoms with Crippen LogP contribution in [0.1, 0.15) is 36.6 Å². The van der Waals surface area contributed by atoms with Crippen molar-refractivity contribution in [2.24, 2.45) is 0 Å². The van der Waals surface area contributed by atoms with Crippen molar-refractivity contribution in [3.63, 3.8) is 0 Å². The van der Waals surface area contributed by atoms with Gasteiger partial charge in [0.05, 0.1) is 28.0 Å². The molecule has 0 saturated heterocycles. The van der Waals surface area contributed by atoms with Gasteiger partial charge in [-0.2, -0.15) is 13.2 Å². The Kier molecular flexibility index (Phi) is 8.00. The lowest BCUT2D eigenvalue weighted by molar-refractivity contribution is -0.137. The number of thioether (sulfide) groups is 1. The van der Waals surface area contributed by atoms with E-state index >= 15 is 0 Å². The highest BCUT2D eigenvalue weighted by Crippen LogP contribution is 2.31. The monoisotopic (exact) mass is 518 g/mol. The third-order valence-corrected chi connectivity index (χ3v) is 5.67. The quantitative estimate of drug-likeness (QED) is 0.306. The van der Waals surface area contributed by atoms with Crippen LogP contribution in [0.25, 0.3) is 0 Å². The Morgan fingerprint density at radius 3 is 2.08 bits per heavy atom. The number of anilines is 2. The van der Waals surface area contributed by atoms with Gasteiger partial charge in [0.2, 0.25) is 5.91 Å². The Hall–Kier alpha value is -4.32. The SMILES string of the molecule is O=C(CSc1cccc(NC(=O)c2ccc(C(=O)O)cc2C(=O)O)c1)Nc1cccc(C(F)(F)F)c1. The Morgan fingerprint density at radius 2 is 1.44 bits per heavy atom. The molecule has 0 heterocycles. The summed E-state index contributed by atoms with van der Waals surface area (Å²) in [7, 11) is 0. The fourth-order valence-corrected chi connectivity index (χ4v) is 3.79. The summed E-state index contributed by atoms with van der Waals surface area (Å²) in [5.74, 6) is -4.27. The van der Waals surface area contributed by atoms with Crippen molar-refractivity contribution in [2.45, 2.75) is 11.1 Å². The van der Waals surface area contributed by atoms with Crippen LogP contribution in [0.2, 0.25) is 0 Å². The van der Waals surface area contributed by atoms with Crippen molar-refractivity contribution in [2.75, 3.05) is 16.4 Å². The molecule has 186 valence electrons. The van der Waals surface area contributed by atoms with Gasteiger partial charge in [0.15, 0.2) is 0 Å². The lowest BCUT2D eigenvalue weighted by Gasteiger charge is -2.11. The summed E-state index contributed by atoms with van der Waals surface area (Å²) in [5, 5.41) is 23.3. The predicted octanol–water partition coefficient (Wildman–Crippen LogP) is 5.08. The molecular weight excluding hydrogens is 501 g/mol. The van der Waals surface area contributed by atoms with Gasteiger partial charge in [0.1, 0.15) is 0 Å². The molecule has 0 aliphatic rings. The first-order chi connectivity index (χ1) is 16.9. The van der Waals surface area contributed by atoms with Crippen LogP contribution in [0.15, 0.2) is 71.6 Å². The average Bonchev–Trinajstić information content (AvgIpc) is 2.82. The fourth-order valence-electron chi connectivity index (χ4n) is 3.03. The Balaban J connectivity index is 1.65. The predicted molar refractivity (Wildman–Crippen MR) is 126 cm³/mol. The molecule has 8 nitrogen and oxygen atoms in total. The molecule has 0 saturated carbocycles. The molecule has 0 spiro atoms. The first kappa shape index (κ1) is 26.3. The molecule has 0 aromatic heterocycles. The van der Waals surface area contributed by atoms with Gasteiger partial charge in [-0.3, -0.25) is 9.59 Å². The average molecular weight is 518 g/mol. The Morgan fingerprint density at radius 1 is 0.778 bits per heavy atom. The number of amides is 2. The fraction of sp³-hybridized carbons (Fsp3) is 0.0833. The number of alkyl halides is 3. The maximum absolute atomic E-state index is 12.8. The van der Waals surface area contributed by atoms with Crippen LogP contribution in [-0.2, 0) is 11.0 Å². The van der Waals surface area contributed by atoms with Crippen molar-refractivity contribution in [3.8, 4) is 0 Å². The number of halogens is 3. The van der Waals surface area contributed by atoms with E-state index in [0.29, 0.717) is 4.90 Å². The minimum Gasteiger partial charge on any atom is -0.478 e. The number of hydrogen-bond donors (Lipinski definition) is 4. The first-order valence-corrected chi connectivity index (χ1v) is 11.0. The molecule has 0 bridgehead atoms. The largest absolute Gasteiger partial charge is 0.478 e. The number of carbonyl (C=O) groups excluding carboxylic acids is 2. The van der Waals surface area contributed by atoms with Crippen LogP contribution in [0.3, 0.4) is 0 Å². The van der Waals surface area contributed by atoms with Crippen LogP contribution in [0.5, 0.6) is 0 Å². The van der Waals surface area contributed by atoms with E-state index in [1.165, 1.54) is 24.3 Å². The Labute approximate surface area is 206 Å². The van der Waals surface area contributed by atoms with Crippen molar-refractivity contribution in [1.82, 2.24) is 0 Å². The van der Waals surface area contributed by atoms with Gasteiger partial charge in [-0.05, 0) is 54.6 Å². The number of carbonyl (C=O) groups is 4. The van der Waals surface area contributed by atoms with E-state index in [4.69, 9.17) is 5.11 Å². The summed E-state index contributed by atoms with van der Waals surface area (Å²) in [4.78, 5) is 47.9. The second kappa shape index (κ2) is 11.0. The second-order valence-corrected chi connectivity index (χ2v) is 8.32. The van der Waals surface area contributed by atoms with Crippen LogP contribution < -0.4 is 10.6 Å². The highest BCUT2D eigenvalue weighted by molar-refractivity contribution is 8.00. The van der Waals surface area contributed by atoms with Crippen molar-refractivity contribution < 1.29 is 42.6 Å². The van der Waals surface area contributed by atoms with E-state index in [1.807, 2.05) is 0 Å². The number of benzene rings is 3. The van der Waals surface area contributed by atoms with Crippen LogP contribution in [0.4, 0.5) is 24.5 Å². The molecule has 2 amide bonds.